The van der Waals surface area contributed by atoms with E-state index < -0.39 is 0 Å². The van der Waals surface area contributed by atoms with E-state index in [-0.39, 0.29) is 12.5 Å². The second-order valence-corrected chi connectivity index (χ2v) is 6.71. The third kappa shape index (κ3) is 5.49. The lowest BCUT2D eigenvalue weighted by atomic mass is 10.1. The monoisotopic (exact) mass is 383 g/mol. The topological polar surface area (TPSA) is 80.2 Å². The average Bonchev–Trinajstić information content (AvgIpc) is 3.16. The van der Waals surface area contributed by atoms with Gasteiger partial charge in [0.2, 0.25) is 11.0 Å². The molecule has 0 bridgehead atoms. The number of nitrogens with one attached hydrogen (secondary N) is 1. The molecule has 0 atom stereocenters. The molecule has 0 radical (unpaired) electrons. The summed E-state index contributed by atoms with van der Waals surface area (Å²) < 4.78 is 9.63. The molecule has 0 aliphatic heterocycles. The number of amides is 1. The van der Waals surface area contributed by atoms with E-state index in [1.807, 2.05) is 49.5 Å². The van der Waals surface area contributed by atoms with Gasteiger partial charge in [0.15, 0.2) is 0 Å². The van der Waals surface area contributed by atoms with Crippen LogP contribution in [0.3, 0.4) is 0 Å². The highest BCUT2D eigenvalue weighted by Crippen LogP contribution is 2.19. The zero-order valence-corrected chi connectivity index (χ0v) is 16.1. The molecule has 7 nitrogen and oxygen atoms in total. The van der Waals surface area contributed by atoms with Crippen molar-refractivity contribution >= 4 is 22.6 Å². The number of ether oxygens (including phenoxy) is 1. The molecule has 0 aliphatic carbocycles. The molecule has 0 saturated carbocycles. The van der Waals surface area contributed by atoms with Gasteiger partial charge in [-0.2, -0.15) is 4.37 Å². The van der Waals surface area contributed by atoms with E-state index in [0.717, 1.165) is 22.8 Å². The number of hydrogen-bond acceptors (Lipinski definition) is 7. The molecule has 140 valence electrons. The molecule has 1 amide bonds. The van der Waals surface area contributed by atoms with E-state index in [1.165, 1.54) is 11.5 Å². The van der Waals surface area contributed by atoms with Gasteiger partial charge in [-0.1, -0.05) is 18.2 Å². The zero-order chi connectivity index (χ0) is 19.1. The third-order valence-electron chi connectivity index (χ3n) is 3.85. The first kappa shape index (κ1) is 18.8. The number of anilines is 1. The standard InChI is InChI=1S/C19H21N5O2S/c1-24(13-18(25)21-12-15-7-3-4-9-20-15)19-22-17(23-27-19)11-14-6-5-8-16(10-14)26-2/h3-10H,11-13H2,1-2H3,(H,21,25). The van der Waals surface area contributed by atoms with Crippen molar-refractivity contribution in [1.82, 2.24) is 19.7 Å². The molecule has 1 N–H and O–H groups in total. The molecule has 3 rings (SSSR count). The van der Waals surface area contributed by atoms with Gasteiger partial charge < -0.3 is 15.0 Å². The van der Waals surface area contributed by atoms with Crippen LogP contribution in [0.1, 0.15) is 17.1 Å². The second-order valence-electron chi connectivity index (χ2n) is 5.98. The minimum Gasteiger partial charge on any atom is -0.497 e. The quantitative estimate of drug-likeness (QED) is 0.643. The van der Waals surface area contributed by atoms with Crippen LogP contribution in [-0.2, 0) is 17.8 Å². The van der Waals surface area contributed by atoms with Crippen molar-refractivity contribution in [3.63, 3.8) is 0 Å². The number of benzene rings is 1. The molecule has 2 heterocycles. The van der Waals surface area contributed by atoms with Gasteiger partial charge in [-0.25, -0.2) is 4.98 Å². The maximum atomic E-state index is 12.1. The Balaban J connectivity index is 1.53. The Bertz CT molecular complexity index is 885. The van der Waals surface area contributed by atoms with Crippen LogP contribution in [0.4, 0.5) is 5.13 Å². The summed E-state index contributed by atoms with van der Waals surface area (Å²) in [4.78, 5) is 22.6. The van der Waals surface area contributed by atoms with Crippen LogP contribution < -0.4 is 15.0 Å². The maximum Gasteiger partial charge on any atom is 0.239 e. The molecule has 0 saturated heterocycles. The van der Waals surface area contributed by atoms with Crippen LogP contribution >= 0.6 is 11.5 Å². The van der Waals surface area contributed by atoms with Crippen molar-refractivity contribution < 1.29 is 9.53 Å². The smallest absolute Gasteiger partial charge is 0.239 e. The molecule has 0 spiro atoms. The first-order chi connectivity index (χ1) is 13.1. The van der Waals surface area contributed by atoms with Crippen molar-refractivity contribution in [2.24, 2.45) is 0 Å². The molecule has 0 unspecified atom stereocenters. The molecule has 0 fully saturated rings. The average molecular weight is 383 g/mol. The molecule has 8 heteroatoms. The number of carbonyl (C=O) groups excluding carboxylic acids is 1. The lowest BCUT2D eigenvalue weighted by molar-refractivity contribution is -0.119. The van der Waals surface area contributed by atoms with Crippen LogP contribution in [-0.4, -0.2) is 41.0 Å². The first-order valence-electron chi connectivity index (χ1n) is 8.47. The largest absolute Gasteiger partial charge is 0.497 e. The Morgan fingerprint density at radius 2 is 2.15 bits per heavy atom. The van der Waals surface area contributed by atoms with E-state index in [0.29, 0.717) is 18.1 Å². The number of aromatic nitrogens is 3. The predicted molar refractivity (Wildman–Crippen MR) is 105 cm³/mol. The molecule has 27 heavy (non-hydrogen) atoms. The predicted octanol–water partition coefficient (Wildman–Crippen LogP) is 2.29. The molecule has 1 aromatic carbocycles. The van der Waals surface area contributed by atoms with Crippen LogP contribution in [0.5, 0.6) is 5.75 Å². The fourth-order valence-corrected chi connectivity index (χ4v) is 3.11. The summed E-state index contributed by atoms with van der Waals surface area (Å²) in [5, 5.41) is 3.57. The Morgan fingerprint density at radius 3 is 2.93 bits per heavy atom. The fraction of sp³-hybridized carbons (Fsp3) is 0.263. The second kappa shape index (κ2) is 9.09. The Kier molecular flexibility index (Phi) is 6.32. The molecule has 3 aromatic rings. The fourth-order valence-electron chi connectivity index (χ4n) is 2.47. The third-order valence-corrected chi connectivity index (χ3v) is 4.72. The SMILES string of the molecule is COc1cccc(Cc2nsc(N(C)CC(=O)NCc3ccccn3)n2)c1. The first-order valence-corrected chi connectivity index (χ1v) is 9.24. The van der Waals surface area contributed by atoms with E-state index in [1.54, 1.807) is 18.2 Å². The van der Waals surface area contributed by atoms with Crippen LogP contribution in [0.25, 0.3) is 0 Å². The van der Waals surface area contributed by atoms with Crippen molar-refractivity contribution in [2.45, 2.75) is 13.0 Å². The van der Waals surface area contributed by atoms with Gasteiger partial charge in [-0.05, 0) is 29.8 Å². The van der Waals surface area contributed by atoms with E-state index >= 15 is 0 Å². The van der Waals surface area contributed by atoms with Gasteiger partial charge in [-0.15, -0.1) is 0 Å². The summed E-state index contributed by atoms with van der Waals surface area (Å²) >= 11 is 1.28. The van der Waals surface area contributed by atoms with E-state index in [2.05, 4.69) is 19.7 Å². The number of likely N-dealkylation sites (N-methyl/N-ethyl adjacent to an activating group) is 1. The summed E-state index contributed by atoms with van der Waals surface area (Å²) in [6, 6.07) is 13.4. The lowest BCUT2D eigenvalue weighted by Gasteiger charge is -2.14. The summed E-state index contributed by atoms with van der Waals surface area (Å²) in [6.07, 6.45) is 2.33. The van der Waals surface area contributed by atoms with Crippen molar-refractivity contribution in [3.8, 4) is 5.75 Å². The minimum absolute atomic E-state index is 0.0901. The lowest BCUT2D eigenvalue weighted by Crippen LogP contribution is -2.34. The van der Waals surface area contributed by atoms with E-state index in [9.17, 15) is 4.79 Å². The Labute approximate surface area is 162 Å². The molecule has 2 aromatic heterocycles. The Morgan fingerprint density at radius 1 is 1.26 bits per heavy atom. The number of methoxy groups -OCH3 is 1. The van der Waals surface area contributed by atoms with Crippen molar-refractivity contribution in [1.29, 1.82) is 0 Å². The number of hydrogen-bond donors (Lipinski definition) is 1. The van der Waals surface area contributed by atoms with Gasteiger partial charge >= 0.3 is 0 Å². The number of nitrogens with zero attached hydrogens (tertiary/aromatic N) is 4. The highest BCUT2D eigenvalue weighted by molar-refractivity contribution is 7.09. The van der Waals surface area contributed by atoms with Crippen molar-refractivity contribution in [3.05, 3.63) is 65.7 Å². The van der Waals surface area contributed by atoms with Crippen LogP contribution in [0.2, 0.25) is 0 Å². The molecular formula is C19H21N5O2S. The van der Waals surface area contributed by atoms with Gasteiger partial charge in [0.1, 0.15) is 11.6 Å². The molecule has 0 aliphatic rings. The maximum absolute atomic E-state index is 12.1. The number of rotatable bonds is 8. The van der Waals surface area contributed by atoms with Crippen LogP contribution in [0, 0.1) is 0 Å². The zero-order valence-electron chi connectivity index (χ0n) is 15.3. The van der Waals surface area contributed by atoms with Crippen molar-refractivity contribution in [2.75, 3.05) is 25.6 Å². The van der Waals surface area contributed by atoms with Gasteiger partial charge in [0.25, 0.3) is 0 Å². The summed E-state index contributed by atoms with van der Waals surface area (Å²) in [5.41, 5.74) is 1.90. The summed E-state index contributed by atoms with van der Waals surface area (Å²) in [7, 11) is 3.47. The van der Waals surface area contributed by atoms with Gasteiger partial charge in [-0.3, -0.25) is 9.78 Å². The normalized spacial score (nSPS) is 10.4. The van der Waals surface area contributed by atoms with E-state index in [4.69, 9.17) is 4.74 Å². The van der Waals surface area contributed by atoms with Gasteiger partial charge in [0, 0.05) is 31.2 Å². The highest BCUT2D eigenvalue weighted by Gasteiger charge is 2.13. The van der Waals surface area contributed by atoms with Crippen LogP contribution in [0.15, 0.2) is 48.7 Å². The molecular weight excluding hydrogens is 362 g/mol. The number of carbonyl (C=O) groups is 1. The minimum atomic E-state index is -0.0901. The van der Waals surface area contributed by atoms with Gasteiger partial charge in [0.05, 0.1) is 25.9 Å². The Hall–Kier alpha value is -3.00. The number of pyridine rings is 1. The summed E-state index contributed by atoms with van der Waals surface area (Å²) in [5.74, 6) is 1.45. The highest BCUT2D eigenvalue weighted by atomic mass is 32.1. The summed E-state index contributed by atoms with van der Waals surface area (Å²) in [6.45, 7) is 0.616.